The number of halogens is 1. The molecule has 1 saturated heterocycles. The van der Waals surface area contributed by atoms with Crippen molar-refractivity contribution in [2.45, 2.75) is 25.3 Å². The van der Waals surface area contributed by atoms with Gasteiger partial charge in [-0.3, -0.25) is 4.79 Å². The second-order valence-corrected chi connectivity index (χ2v) is 9.11. The number of carbonyl (C=O) groups is 1. The number of fused-ring (bicyclic) bond motifs is 2. The number of amides is 1. The van der Waals surface area contributed by atoms with Crippen molar-refractivity contribution < 1.29 is 18.7 Å². The number of piperidine rings is 1. The smallest absolute Gasteiger partial charge is 0.245 e. The number of rotatable bonds is 4. The molecule has 0 radical (unpaired) electrons. The number of pyridine rings is 1. The molecule has 5 heterocycles. The van der Waals surface area contributed by atoms with Crippen LogP contribution in [-0.4, -0.2) is 63.2 Å². The van der Waals surface area contributed by atoms with Crippen LogP contribution in [0.5, 0.6) is 11.6 Å². The quantitative estimate of drug-likeness (QED) is 0.326. The monoisotopic (exact) mass is 516 g/mol. The second-order valence-electron chi connectivity index (χ2n) is 9.11. The number of nitrogens with zero attached hydrogens (tertiary/aromatic N) is 5. The number of aromatic nitrogens is 4. The van der Waals surface area contributed by atoms with Gasteiger partial charge in [-0.15, -0.1) is 5.10 Å². The first-order chi connectivity index (χ1) is 18.5. The average molecular weight is 517 g/mol. The van der Waals surface area contributed by atoms with Crippen LogP contribution in [0, 0.1) is 5.95 Å². The lowest BCUT2D eigenvalue weighted by Gasteiger charge is -2.29. The summed E-state index contributed by atoms with van der Waals surface area (Å²) in [5.41, 5.74) is 10.6. The van der Waals surface area contributed by atoms with Crippen LogP contribution in [0.4, 0.5) is 4.39 Å². The van der Waals surface area contributed by atoms with Crippen molar-refractivity contribution in [3.05, 3.63) is 72.8 Å². The molecule has 0 atom stereocenters. The summed E-state index contributed by atoms with van der Waals surface area (Å²) in [6.45, 7) is 5.69. The van der Waals surface area contributed by atoms with Crippen molar-refractivity contribution in [2.75, 3.05) is 26.8 Å². The summed E-state index contributed by atoms with van der Waals surface area (Å²) in [6.07, 6.45) is 5.58. The van der Waals surface area contributed by atoms with Crippen LogP contribution in [0.3, 0.4) is 0 Å². The van der Waals surface area contributed by atoms with E-state index in [0.29, 0.717) is 29.4 Å². The minimum atomic E-state index is -0.536. The SMILES string of the molecule is C=CC(=O)N1CCC(N)CC1.COc1ccc2nc(-c3ccc4c(c3)OCC4)c(-c3ccc(F)nc3)n2n1. The van der Waals surface area contributed by atoms with Gasteiger partial charge in [-0.05, 0) is 48.7 Å². The van der Waals surface area contributed by atoms with Crippen molar-refractivity contribution in [1.29, 1.82) is 0 Å². The van der Waals surface area contributed by atoms with Gasteiger partial charge in [0.15, 0.2) is 5.65 Å². The number of imidazole rings is 1. The molecule has 196 valence electrons. The number of carbonyl (C=O) groups excluding carboxylic acids is 1. The Bertz CT molecular complexity index is 1460. The number of methoxy groups -OCH3 is 1. The van der Waals surface area contributed by atoms with E-state index in [1.54, 1.807) is 28.7 Å². The Morgan fingerprint density at radius 1 is 1.18 bits per heavy atom. The first kappa shape index (κ1) is 25.3. The minimum absolute atomic E-state index is 0.0249. The largest absolute Gasteiger partial charge is 0.493 e. The van der Waals surface area contributed by atoms with E-state index in [9.17, 15) is 9.18 Å². The number of hydrogen-bond donors (Lipinski definition) is 1. The molecule has 1 aromatic carbocycles. The van der Waals surface area contributed by atoms with Crippen LogP contribution in [0.25, 0.3) is 28.2 Å². The van der Waals surface area contributed by atoms with E-state index in [2.05, 4.69) is 22.7 Å². The van der Waals surface area contributed by atoms with Gasteiger partial charge in [0.25, 0.3) is 0 Å². The molecule has 2 aliphatic heterocycles. The highest BCUT2D eigenvalue weighted by Gasteiger charge is 2.21. The highest BCUT2D eigenvalue weighted by molar-refractivity contribution is 5.87. The van der Waals surface area contributed by atoms with Crippen molar-refractivity contribution in [3.8, 4) is 34.1 Å². The molecule has 2 aliphatic rings. The van der Waals surface area contributed by atoms with Gasteiger partial charge in [0, 0.05) is 48.9 Å². The molecule has 1 amide bonds. The van der Waals surface area contributed by atoms with E-state index in [1.165, 1.54) is 23.9 Å². The fourth-order valence-electron chi connectivity index (χ4n) is 4.56. The number of nitrogens with two attached hydrogens (primary N) is 1. The topological polar surface area (TPSA) is 108 Å². The fourth-order valence-corrected chi connectivity index (χ4v) is 4.56. The standard InChI is InChI=1S/C20H15FN4O2.C8H14N2O/c1-26-18-7-6-17-23-19(13-3-2-12-8-9-27-15(12)10-13)20(25(17)24-18)14-4-5-16(21)22-11-14;1-2-8(11)10-5-3-7(9)4-6-10/h2-7,10-11H,8-9H2,1H3;2,7H,1,3-6,9H2. The van der Waals surface area contributed by atoms with Gasteiger partial charge in [-0.1, -0.05) is 18.7 Å². The lowest BCUT2D eigenvalue weighted by atomic mass is 10.0. The summed E-state index contributed by atoms with van der Waals surface area (Å²) >= 11 is 0. The van der Waals surface area contributed by atoms with Crippen molar-refractivity contribution in [2.24, 2.45) is 5.73 Å². The predicted molar refractivity (Wildman–Crippen MR) is 141 cm³/mol. The minimum Gasteiger partial charge on any atom is -0.493 e. The molecule has 10 heteroatoms. The molecular formula is C28H29FN6O3. The van der Waals surface area contributed by atoms with E-state index in [4.69, 9.17) is 20.2 Å². The normalized spacial score (nSPS) is 14.9. The van der Waals surface area contributed by atoms with Crippen LogP contribution in [-0.2, 0) is 11.2 Å². The summed E-state index contributed by atoms with van der Waals surface area (Å²) in [7, 11) is 1.56. The van der Waals surface area contributed by atoms with Crippen LogP contribution >= 0.6 is 0 Å². The zero-order valence-electron chi connectivity index (χ0n) is 21.1. The van der Waals surface area contributed by atoms with Crippen LogP contribution in [0.15, 0.2) is 61.3 Å². The summed E-state index contributed by atoms with van der Waals surface area (Å²) in [4.78, 5) is 21.4. The maximum absolute atomic E-state index is 13.3. The van der Waals surface area contributed by atoms with E-state index >= 15 is 0 Å². The first-order valence-electron chi connectivity index (χ1n) is 12.5. The molecule has 4 aromatic rings. The molecule has 9 nitrogen and oxygen atoms in total. The van der Waals surface area contributed by atoms with Gasteiger partial charge in [-0.25, -0.2) is 14.5 Å². The first-order valence-corrected chi connectivity index (χ1v) is 12.5. The zero-order chi connectivity index (χ0) is 26.6. The Hall–Kier alpha value is -4.31. The predicted octanol–water partition coefficient (Wildman–Crippen LogP) is 3.66. The Kier molecular flexibility index (Phi) is 7.32. The Balaban J connectivity index is 0.000000226. The average Bonchev–Trinajstić information content (AvgIpc) is 3.57. The van der Waals surface area contributed by atoms with Crippen LogP contribution in [0.1, 0.15) is 18.4 Å². The number of ether oxygens (including phenoxy) is 2. The highest BCUT2D eigenvalue weighted by atomic mass is 19.1. The molecule has 38 heavy (non-hydrogen) atoms. The lowest BCUT2D eigenvalue weighted by Crippen LogP contribution is -2.42. The molecule has 2 N–H and O–H groups in total. The van der Waals surface area contributed by atoms with Crippen LogP contribution < -0.4 is 15.2 Å². The maximum Gasteiger partial charge on any atom is 0.245 e. The number of hydrogen-bond acceptors (Lipinski definition) is 7. The van der Waals surface area contributed by atoms with E-state index in [1.807, 2.05) is 18.2 Å². The Morgan fingerprint density at radius 2 is 1.97 bits per heavy atom. The van der Waals surface area contributed by atoms with Gasteiger partial charge in [0.05, 0.1) is 19.4 Å². The van der Waals surface area contributed by atoms with Gasteiger partial charge in [-0.2, -0.15) is 4.39 Å². The molecule has 0 bridgehead atoms. The van der Waals surface area contributed by atoms with Crippen molar-refractivity contribution in [3.63, 3.8) is 0 Å². The summed E-state index contributed by atoms with van der Waals surface area (Å²) in [5.74, 6) is 0.820. The van der Waals surface area contributed by atoms with Crippen molar-refractivity contribution >= 4 is 11.6 Å². The van der Waals surface area contributed by atoms with E-state index in [0.717, 1.165) is 49.4 Å². The molecule has 0 aliphatic carbocycles. The van der Waals surface area contributed by atoms with Crippen LogP contribution in [0.2, 0.25) is 0 Å². The summed E-state index contributed by atoms with van der Waals surface area (Å²) in [5, 5.41) is 4.49. The van der Waals surface area contributed by atoms with Gasteiger partial charge < -0.3 is 20.1 Å². The summed E-state index contributed by atoms with van der Waals surface area (Å²) in [6, 6.07) is 12.9. The Morgan fingerprint density at radius 3 is 2.68 bits per heavy atom. The van der Waals surface area contributed by atoms with E-state index in [-0.39, 0.29) is 11.9 Å². The molecule has 1 fully saturated rings. The zero-order valence-corrected chi connectivity index (χ0v) is 21.1. The molecule has 0 unspecified atom stereocenters. The molecule has 3 aromatic heterocycles. The van der Waals surface area contributed by atoms with Gasteiger partial charge in [0.2, 0.25) is 17.7 Å². The summed E-state index contributed by atoms with van der Waals surface area (Å²) < 4.78 is 26.0. The third kappa shape index (κ3) is 5.21. The Labute approximate surface area is 219 Å². The van der Waals surface area contributed by atoms with Crippen molar-refractivity contribution in [1.82, 2.24) is 24.5 Å². The molecule has 6 rings (SSSR count). The molecule has 0 saturated carbocycles. The van der Waals surface area contributed by atoms with Gasteiger partial charge >= 0.3 is 0 Å². The molecular weight excluding hydrogens is 487 g/mol. The second kappa shape index (κ2) is 11.0. The lowest BCUT2D eigenvalue weighted by molar-refractivity contribution is -0.126. The third-order valence-corrected chi connectivity index (χ3v) is 6.66. The third-order valence-electron chi connectivity index (χ3n) is 6.66. The fraction of sp³-hybridized carbons (Fsp3) is 0.286. The number of likely N-dealkylation sites (tertiary alicyclic amines) is 1. The van der Waals surface area contributed by atoms with Gasteiger partial charge in [0.1, 0.15) is 11.4 Å². The van der Waals surface area contributed by atoms with E-state index < -0.39 is 5.95 Å². The highest BCUT2D eigenvalue weighted by Crippen LogP contribution is 2.36. The molecule has 0 spiro atoms. The maximum atomic E-state index is 13.3. The number of benzene rings is 1.